The van der Waals surface area contributed by atoms with E-state index >= 15 is 0 Å². The van der Waals surface area contributed by atoms with E-state index in [0.717, 1.165) is 4.40 Å². The second kappa shape index (κ2) is 7.47. The van der Waals surface area contributed by atoms with Crippen molar-refractivity contribution in [2.75, 3.05) is 6.61 Å². The minimum Gasteiger partial charge on any atom is -0.472 e. The van der Waals surface area contributed by atoms with Gasteiger partial charge in [0.05, 0.1) is 18.5 Å². The summed E-state index contributed by atoms with van der Waals surface area (Å²) in [5, 5.41) is 7.20. The van der Waals surface area contributed by atoms with Gasteiger partial charge in [-0.05, 0) is 26.8 Å². The van der Waals surface area contributed by atoms with Crippen molar-refractivity contribution in [1.82, 2.24) is 24.6 Å². The van der Waals surface area contributed by atoms with Crippen molar-refractivity contribution in [1.29, 1.82) is 0 Å². The number of aromatic nitrogens is 5. The van der Waals surface area contributed by atoms with Crippen LogP contribution in [0.1, 0.15) is 26.6 Å². The normalized spacial score (nSPS) is 14.3. The topological polar surface area (TPSA) is 74.4 Å². The van der Waals surface area contributed by atoms with Crippen molar-refractivity contribution < 1.29 is 22.6 Å². The molecular formula is C17H18F3N5O2. The molecule has 3 aromatic rings. The summed E-state index contributed by atoms with van der Waals surface area (Å²) >= 11 is 0. The van der Waals surface area contributed by atoms with Crippen LogP contribution in [0.3, 0.4) is 0 Å². The zero-order valence-electron chi connectivity index (χ0n) is 14.9. The third-order valence-electron chi connectivity index (χ3n) is 3.86. The van der Waals surface area contributed by atoms with Crippen LogP contribution < -0.4 is 4.74 Å². The molecule has 0 aliphatic heterocycles. The first-order valence-electron chi connectivity index (χ1n) is 8.32. The highest BCUT2D eigenvalue weighted by Gasteiger charge is 2.38. The fourth-order valence-electron chi connectivity index (χ4n) is 2.28. The van der Waals surface area contributed by atoms with Crippen molar-refractivity contribution in [3.8, 4) is 17.1 Å². The van der Waals surface area contributed by atoms with Crippen LogP contribution in [-0.4, -0.2) is 43.4 Å². The summed E-state index contributed by atoms with van der Waals surface area (Å²) in [6, 6.07) is 3.21. The monoisotopic (exact) mass is 381 g/mol. The Hall–Kier alpha value is -2.75. The zero-order chi connectivity index (χ0) is 19.6. The molecule has 3 heterocycles. The molecule has 0 fully saturated rings. The van der Waals surface area contributed by atoms with E-state index in [-0.39, 0.29) is 18.1 Å². The molecule has 0 aromatic carbocycles. The van der Waals surface area contributed by atoms with Gasteiger partial charge >= 0.3 is 6.11 Å². The van der Waals surface area contributed by atoms with Gasteiger partial charge < -0.3 is 9.47 Å². The fourth-order valence-corrected chi connectivity index (χ4v) is 2.28. The van der Waals surface area contributed by atoms with E-state index in [4.69, 9.17) is 4.74 Å². The summed E-state index contributed by atoms with van der Waals surface area (Å²) in [5.41, 5.74) is 1.10. The van der Waals surface area contributed by atoms with Gasteiger partial charge in [0, 0.05) is 24.0 Å². The summed E-state index contributed by atoms with van der Waals surface area (Å²) in [6.45, 7) is 4.28. The molecule has 0 amide bonds. The third-order valence-corrected chi connectivity index (χ3v) is 3.86. The molecule has 144 valence electrons. The smallest absolute Gasteiger partial charge is 0.418 e. The summed E-state index contributed by atoms with van der Waals surface area (Å²) < 4.78 is 52.3. The lowest BCUT2D eigenvalue weighted by atomic mass is 10.2. The van der Waals surface area contributed by atoms with Gasteiger partial charge in [-0.3, -0.25) is 9.38 Å². The van der Waals surface area contributed by atoms with E-state index < -0.39 is 24.2 Å². The van der Waals surface area contributed by atoms with Crippen LogP contribution in [-0.2, 0) is 10.8 Å². The molecule has 10 heteroatoms. The lowest BCUT2D eigenvalue weighted by Crippen LogP contribution is -2.22. The van der Waals surface area contributed by atoms with E-state index in [1.165, 1.54) is 32.4 Å². The SMILES string of the molecule is CCOC(F)(F)c1nnc2cnc(-c3ccc(O[C@H](C)C(C)F)nc3)cn12. The zero-order valence-corrected chi connectivity index (χ0v) is 14.9. The first-order chi connectivity index (χ1) is 12.8. The fraction of sp³-hybridized carbons (Fsp3) is 0.412. The lowest BCUT2D eigenvalue weighted by molar-refractivity contribution is -0.251. The minimum atomic E-state index is -3.58. The average molecular weight is 381 g/mol. The van der Waals surface area contributed by atoms with Gasteiger partial charge in [0.2, 0.25) is 11.7 Å². The number of hydrogen-bond acceptors (Lipinski definition) is 6. The molecule has 0 aliphatic rings. The van der Waals surface area contributed by atoms with Gasteiger partial charge in [-0.15, -0.1) is 10.2 Å². The molecule has 0 saturated heterocycles. The number of halogens is 3. The summed E-state index contributed by atoms with van der Waals surface area (Å²) in [4.78, 5) is 8.29. The Bertz CT molecular complexity index is 915. The Morgan fingerprint density at radius 2 is 1.93 bits per heavy atom. The summed E-state index contributed by atoms with van der Waals surface area (Å²) in [7, 11) is 0. The molecule has 1 unspecified atom stereocenters. The number of rotatable bonds is 7. The van der Waals surface area contributed by atoms with Crippen LogP contribution in [0, 0.1) is 0 Å². The predicted octanol–water partition coefficient (Wildman–Crippen LogP) is 3.40. The summed E-state index contributed by atoms with van der Waals surface area (Å²) in [6.07, 6.45) is -1.20. The Labute approximate surface area is 153 Å². The molecule has 7 nitrogen and oxygen atoms in total. The van der Waals surface area contributed by atoms with Crippen LogP contribution in [0.2, 0.25) is 0 Å². The number of nitrogens with zero attached hydrogens (tertiary/aromatic N) is 5. The maximum absolute atomic E-state index is 14.1. The van der Waals surface area contributed by atoms with Crippen molar-refractivity contribution in [2.45, 2.75) is 39.2 Å². The quantitative estimate of drug-likeness (QED) is 0.625. The third kappa shape index (κ3) is 4.00. The molecule has 0 aliphatic carbocycles. The predicted molar refractivity (Wildman–Crippen MR) is 90.2 cm³/mol. The largest absolute Gasteiger partial charge is 0.472 e. The molecule has 3 aromatic heterocycles. The number of ether oxygens (including phenoxy) is 2. The van der Waals surface area contributed by atoms with E-state index in [1.54, 1.807) is 19.1 Å². The highest BCUT2D eigenvalue weighted by molar-refractivity contribution is 5.59. The van der Waals surface area contributed by atoms with E-state index in [0.29, 0.717) is 11.3 Å². The highest BCUT2D eigenvalue weighted by Crippen LogP contribution is 2.29. The average Bonchev–Trinajstić information content (AvgIpc) is 3.06. The van der Waals surface area contributed by atoms with Crippen molar-refractivity contribution in [3.05, 3.63) is 36.5 Å². The van der Waals surface area contributed by atoms with E-state index in [9.17, 15) is 13.2 Å². The minimum absolute atomic E-state index is 0.159. The molecule has 3 rings (SSSR count). The lowest BCUT2D eigenvalue weighted by Gasteiger charge is -2.15. The second-order valence-corrected chi connectivity index (χ2v) is 5.86. The van der Waals surface area contributed by atoms with E-state index in [1.807, 2.05) is 0 Å². The molecule has 2 atom stereocenters. The Balaban J connectivity index is 1.91. The van der Waals surface area contributed by atoms with Crippen molar-refractivity contribution in [3.63, 3.8) is 0 Å². The molecule has 0 spiro atoms. The van der Waals surface area contributed by atoms with Crippen molar-refractivity contribution in [2.24, 2.45) is 0 Å². The first-order valence-corrected chi connectivity index (χ1v) is 8.32. The molecule has 0 saturated carbocycles. The molecule has 0 N–H and O–H groups in total. The van der Waals surface area contributed by atoms with Gasteiger partial charge in [-0.2, -0.15) is 8.78 Å². The number of hydrogen-bond donors (Lipinski definition) is 0. The summed E-state index contributed by atoms with van der Waals surface area (Å²) in [5.74, 6) is -0.383. The standard InChI is InChI=1S/C17H18F3N5O2/c1-4-26-17(19,20)16-24-23-14-8-21-13(9-25(14)16)12-5-6-15(22-7-12)27-11(3)10(2)18/h5-11H,4H2,1-3H3/t10?,11-/m1/s1. The maximum atomic E-state index is 14.1. The van der Waals surface area contributed by atoms with Crippen LogP contribution in [0.25, 0.3) is 16.9 Å². The van der Waals surface area contributed by atoms with Gasteiger partial charge in [0.15, 0.2) is 5.65 Å². The van der Waals surface area contributed by atoms with Gasteiger partial charge in [0.1, 0.15) is 12.3 Å². The van der Waals surface area contributed by atoms with Crippen LogP contribution in [0.5, 0.6) is 5.88 Å². The Kier molecular flexibility index (Phi) is 5.26. The van der Waals surface area contributed by atoms with Crippen molar-refractivity contribution >= 4 is 5.65 Å². The van der Waals surface area contributed by atoms with Gasteiger partial charge in [0.25, 0.3) is 0 Å². The number of fused-ring (bicyclic) bond motifs is 1. The molecule has 27 heavy (non-hydrogen) atoms. The Morgan fingerprint density at radius 1 is 1.15 bits per heavy atom. The maximum Gasteiger partial charge on any atom is 0.418 e. The van der Waals surface area contributed by atoms with Crippen LogP contribution in [0.4, 0.5) is 13.2 Å². The highest BCUT2D eigenvalue weighted by atomic mass is 19.3. The number of alkyl halides is 3. The number of pyridine rings is 1. The van der Waals surface area contributed by atoms with Gasteiger partial charge in [-0.25, -0.2) is 9.37 Å². The molecular weight excluding hydrogens is 363 g/mol. The first kappa shape index (κ1) is 19.0. The van der Waals surface area contributed by atoms with Gasteiger partial charge in [-0.1, -0.05) is 0 Å². The molecule has 0 radical (unpaired) electrons. The van der Waals surface area contributed by atoms with E-state index in [2.05, 4.69) is 24.9 Å². The van der Waals surface area contributed by atoms with Crippen LogP contribution >= 0.6 is 0 Å². The second-order valence-electron chi connectivity index (χ2n) is 5.86. The Morgan fingerprint density at radius 3 is 2.56 bits per heavy atom. The van der Waals surface area contributed by atoms with Crippen LogP contribution in [0.15, 0.2) is 30.7 Å². The molecule has 0 bridgehead atoms.